The lowest BCUT2D eigenvalue weighted by Crippen LogP contribution is -2.08. The van der Waals surface area contributed by atoms with Gasteiger partial charge in [-0.05, 0) is 36.6 Å². The Morgan fingerprint density at radius 1 is 1.21 bits per heavy atom. The summed E-state index contributed by atoms with van der Waals surface area (Å²) in [6, 6.07) is 4.16. The van der Waals surface area contributed by atoms with Gasteiger partial charge in [-0.25, -0.2) is 8.78 Å². The van der Waals surface area contributed by atoms with Gasteiger partial charge >= 0.3 is 0 Å². The fourth-order valence-corrected chi connectivity index (χ4v) is 1.71. The van der Waals surface area contributed by atoms with Gasteiger partial charge in [-0.3, -0.25) is 0 Å². The van der Waals surface area contributed by atoms with Crippen LogP contribution in [0.5, 0.6) is 0 Å². The van der Waals surface area contributed by atoms with Crippen molar-refractivity contribution in [3.8, 4) is 0 Å². The first-order valence-corrected chi connectivity index (χ1v) is 4.43. The second-order valence-corrected chi connectivity index (χ2v) is 3.36. The number of nitrogens with one attached hydrogen (secondary N) is 1. The summed E-state index contributed by atoms with van der Waals surface area (Å²) in [4.78, 5) is 0. The van der Waals surface area contributed by atoms with Crippen LogP contribution < -0.4 is 5.32 Å². The predicted octanol–water partition coefficient (Wildman–Crippen LogP) is 2.46. The molecule has 0 radical (unpaired) electrons. The van der Waals surface area contributed by atoms with Gasteiger partial charge in [-0.2, -0.15) is 0 Å². The molecule has 1 nitrogen and oxygen atoms in total. The summed E-state index contributed by atoms with van der Waals surface area (Å²) in [6.45, 7) is 1.83. The molecule has 1 unspecified atom stereocenters. The molecule has 1 N–H and O–H groups in total. The van der Waals surface area contributed by atoms with Gasteiger partial charge in [0, 0.05) is 6.54 Å². The van der Waals surface area contributed by atoms with Crippen LogP contribution in [0, 0.1) is 11.6 Å². The summed E-state index contributed by atoms with van der Waals surface area (Å²) < 4.78 is 25.4. The number of halogens is 3. The zero-order valence-corrected chi connectivity index (χ0v) is 8.41. The van der Waals surface area contributed by atoms with Gasteiger partial charge in [0.2, 0.25) is 0 Å². The summed E-state index contributed by atoms with van der Waals surface area (Å²) in [5, 5.41) is 3.19. The van der Waals surface area contributed by atoms with Crippen LogP contribution in [-0.2, 0) is 0 Å². The molecular formula is C10H12ClF2N. The van der Waals surface area contributed by atoms with Crippen molar-refractivity contribution >= 4 is 12.4 Å². The molecule has 0 saturated carbocycles. The van der Waals surface area contributed by atoms with Crippen LogP contribution >= 0.6 is 12.4 Å². The maximum absolute atomic E-state index is 12.8. The molecule has 1 saturated heterocycles. The molecule has 0 aliphatic carbocycles. The van der Waals surface area contributed by atoms with Gasteiger partial charge in [0.1, 0.15) is 0 Å². The summed E-state index contributed by atoms with van der Waals surface area (Å²) in [6.07, 6.45) is 1.01. The van der Waals surface area contributed by atoms with Crippen molar-refractivity contribution in [1.82, 2.24) is 5.32 Å². The Kier molecular flexibility index (Phi) is 3.84. The second-order valence-electron chi connectivity index (χ2n) is 3.36. The normalized spacial score (nSPS) is 20.6. The minimum atomic E-state index is -0.769. The van der Waals surface area contributed by atoms with E-state index in [4.69, 9.17) is 0 Å². The highest BCUT2D eigenvalue weighted by molar-refractivity contribution is 5.85. The van der Waals surface area contributed by atoms with Crippen molar-refractivity contribution < 1.29 is 8.78 Å². The van der Waals surface area contributed by atoms with E-state index in [-0.39, 0.29) is 12.4 Å². The Hall–Kier alpha value is -0.670. The Balaban J connectivity index is 0.000000980. The van der Waals surface area contributed by atoms with Gasteiger partial charge in [0.25, 0.3) is 0 Å². The molecule has 4 heteroatoms. The van der Waals surface area contributed by atoms with E-state index in [0.717, 1.165) is 25.1 Å². The molecule has 0 spiro atoms. The highest BCUT2D eigenvalue weighted by atomic mass is 35.5. The molecule has 1 aliphatic heterocycles. The molecule has 1 aliphatic rings. The first-order chi connectivity index (χ1) is 6.27. The van der Waals surface area contributed by atoms with Crippen LogP contribution in [0.3, 0.4) is 0 Å². The topological polar surface area (TPSA) is 12.0 Å². The third-order valence-corrected chi connectivity index (χ3v) is 2.48. The van der Waals surface area contributed by atoms with Crippen LogP contribution in [0.1, 0.15) is 17.9 Å². The lowest BCUT2D eigenvalue weighted by Gasteiger charge is -2.08. The standard InChI is InChI=1S/C10H11F2N.ClH/c11-9-2-1-7(5-10(9)12)8-3-4-13-6-8;/h1-2,5,8,13H,3-4,6H2;1H. The molecule has 1 aromatic rings. The van der Waals surface area contributed by atoms with Crippen molar-refractivity contribution in [2.24, 2.45) is 0 Å². The smallest absolute Gasteiger partial charge is 0.159 e. The summed E-state index contributed by atoms with van der Waals surface area (Å²) in [5.41, 5.74) is 0.893. The second kappa shape index (κ2) is 4.71. The highest BCUT2D eigenvalue weighted by Crippen LogP contribution is 2.23. The van der Waals surface area contributed by atoms with Gasteiger partial charge in [0.15, 0.2) is 11.6 Å². The molecule has 2 rings (SSSR count). The average molecular weight is 220 g/mol. The first kappa shape index (κ1) is 11.4. The Labute approximate surface area is 87.9 Å². The van der Waals surface area contributed by atoms with Crippen LogP contribution in [0.2, 0.25) is 0 Å². The van der Waals surface area contributed by atoms with Crippen molar-refractivity contribution in [2.45, 2.75) is 12.3 Å². The number of benzene rings is 1. The molecule has 1 aromatic carbocycles. The van der Waals surface area contributed by atoms with Gasteiger partial charge < -0.3 is 5.32 Å². The molecule has 0 aromatic heterocycles. The van der Waals surface area contributed by atoms with Gasteiger partial charge in [-0.15, -0.1) is 12.4 Å². The van der Waals surface area contributed by atoms with Crippen molar-refractivity contribution in [3.05, 3.63) is 35.4 Å². The predicted molar refractivity (Wildman–Crippen MR) is 53.8 cm³/mol. The molecule has 0 bridgehead atoms. The minimum absolute atomic E-state index is 0. The monoisotopic (exact) mass is 219 g/mol. The number of hydrogen-bond donors (Lipinski definition) is 1. The highest BCUT2D eigenvalue weighted by Gasteiger charge is 2.17. The van der Waals surface area contributed by atoms with E-state index in [1.54, 1.807) is 6.07 Å². The van der Waals surface area contributed by atoms with Gasteiger partial charge in [0.05, 0.1) is 0 Å². The summed E-state index contributed by atoms with van der Waals surface area (Å²) in [7, 11) is 0. The van der Waals surface area contributed by atoms with Gasteiger partial charge in [-0.1, -0.05) is 6.07 Å². The fraction of sp³-hybridized carbons (Fsp3) is 0.400. The molecular weight excluding hydrogens is 208 g/mol. The largest absolute Gasteiger partial charge is 0.316 e. The van der Waals surface area contributed by atoms with E-state index in [0.29, 0.717) is 5.92 Å². The van der Waals surface area contributed by atoms with Crippen LogP contribution in [0.4, 0.5) is 8.78 Å². The summed E-state index contributed by atoms with van der Waals surface area (Å²) in [5.74, 6) is -1.17. The molecule has 0 amide bonds. The van der Waals surface area contributed by atoms with E-state index < -0.39 is 11.6 Å². The van der Waals surface area contributed by atoms with E-state index in [9.17, 15) is 8.78 Å². The summed E-state index contributed by atoms with van der Waals surface area (Å²) >= 11 is 0. The lowest BCUT2D eigenvalue weighted by molar-refractivity contribution is 0.505. The quantitative estimate of drug-likeness (QED) is 0.765. The molecule has 1 atom stereocenters. The van der Waals surface area contributed by atoms with Crippen molar-refractivity contribution in [3.63, 3.8) is 0 Å². The number of hydrogen-bond acceptors (Lipinski definition) is 1. The molecule has 1 heterocycles. The van der Waals surface area contributed by atoms with Crippen LogP contribution in [0.15, 0.2) is 18.2 Å². The van der Waals surface area contributed by atoms with E-state index in [1.165, 1.54) is 12.1 Å². The zero-order valence-electron chi connectivity index (χ0n) is 7.59. The maximum Gasteiger partial charge on any atom is 0.159 e. The minimum Gasteiger partial charge on any atom is -0.316 e. The molecule has 1 fully saturated rings. The third-order valence-electron chi connectivity index (χ3n) is 2.48. The van der Waals surface area contributed by atoms with Crippen molar-refractivity contribution in [1.29, 1.82) is 0 Å². The Morgan fingerprint density at radius 3 is 2.57 bits per heavy atom. The molecule has 14 heavy (non-hydrogen) atoms. The fourth-order valence-electron chi connectivity index (χ4n) is 1.71. The molecule has 78 valence electrons. The third kappa shape index (κ3) is 2.22. The van der Waals surface area contributed by atoms with E-state index >= 15 is 0 Å². The van der Waals surface area contributed by atoms with Crippen LogP contribution in [0.25, 0.3) is 0 Å². The van der Waals surface area contributed by atoms with Crippen LogP contribution in [-0.4, -0.2) is 13.1 Å². The average Bonchev–Trinajstić information content (AvgIpc) is 2.62. The van der Waals surface area contributed by atoms with E-state index in [1.807, 2.05) is 0 Å². The Bertz CT molecular complexity index is 311. The maximum atomic E-state index is 12.8. The first-order valence-electron chi connectivity index (χ1n) is 4.43. The van der Waals surface area contributed by atoms with E-state index in [2.05, 4.69) is 5.32 Å². The van der Waals surface area contributed by atoms with Crippen molar-refractivity contribution in [2.75, 3.05) is 13.1 Å². The SMILES string of the molecule is Cl.Fc1ccc(C2CCNC2)cc1F. The zero-order chi connectivity index (χ0) is 9.26. The number of rotatable bonds is 1. The lowest BCUT2D eigenvalue weighted by atomic mass is 9.98. The Morgan fingerprint density at radius 2 is 2.00 bits per heavy atom.